The van der Waals surface area contributed by atoms with Crippen molar-refractivity contribution in [3.8, 4) is 5.75 Å². The van der Waals surface area contributed by atoms with Gasteiger partial charge in [0.25, 0.3) is 5.91 Å². The number of esters is 1. The van der Waals surface area contributed by atoms with Crippen LogP contribution in [0.15, 0.2) is 40.8 Å². The van der Waals surface area contributed by atoms with Gasteiger partial charge in [-0.2, -0.15) is 0 Å². The van der Waals surface area contributed by atoms with Gasteiger partial charge in [-0.1, -0.05) is 0 Å². The number of hydrogen-bond acceptors (Lipinski definition) is 6. The summed E-state index contributed by atoms with van der Waals surface area (Å²) in [5.41, 5.74) is 1.49. The fraction of sp³-hybridized carbons (Fsp3) is 0.333. The van der Waals surface area contributed by atoms with Crippen molar-refractivity contribution in [2.24, 2.45) is 0 Å². The molecule has 0 saturated heterocycles. The van der Waals surface area contributed by atoms with Gasteiger partial charge in [-0.3, -0.25) is 4.79 Å². The molecule has 0 atom stereocenters. The number of benzene rings is 1. The Morgan fingerprint density at radius 1 is 1.12 bits per heavy atom. The summed E-state index contributed by atoms with van der Waals surface area (Å²) >= 11 is 3.69. The largest absolute Gasteiger partial charge is 0.486 e. The quantitative estimate of drug-likeness (QED) is 0.272. The van der Waals surface area contributed by atoms with Crippen molar-refractivity contribution in [1.82, 2.24) is 0 Å². The molecule has 1 N–H and O–H groups in total. The first-order chi connectivity index (χ1) is 15.4. The number of carbonyl (C=O) groups excluding carboxylic acids is 2. The van der Waals surface area contributed by atoms with E-state index in [9.17, 15) is 9.59 Å². The van der Waals surface area contributed by atoms with E-state index in [0.717, 1.165) is 45.4 Å². The smallest absolute Gasteiger partial charge is 0.341 e. The average Bonchev–Trinajstić information content (AvgIpc) is 3.37. The first-order valence-corrected chi connectivity index (χ1v) is 12.4. The molecule has 0 aliphatic heterocycles. The van der Waals surface area contributed by atoms with Crippen LogP contribution < -0.4 is 10.1 Å². The van der Waals surface area contributed by atoms with Crippen LogP contribution in [0, 0.1) is 3.57 Å². The van der Waals surface area contributed by atoms with Gasteiger partial charge in [0.1, 0.15) is 23.1 Å². The highest BCUT2D eigenvalue weighted by Crippen LogP contribution is 2.39. The lowest BCUT2D eigenvalue weighted by atomic mass is 9.95. The normalized spacial score (nSPS) is 13.0. The summed E-state index contributed by atoms with van der Waals surface area (Å²) in [6, 6.07) is 11.0. The lowest BCUT2D eigenvalue weighted by Crippen LogP contribution is -2.17. The Balaban J connectivity index is 1.47. The van der Waals surface area contributed by atoms with Gasteiger partial charge in [0, 0.05) is 8.45 Å². The Bertz CT molecular complexity index is 1120. The minimum atomic E-state index is -0.400. The van der Waals surface area contributed by atoms with E-state index in [4.69, 9.17) is 13.9 Å². The van der Waals surface area contributed by atoms with Crippen LogP contribution in [0.3, 0.4) is 0 Å². The fourth-order valence-corrected chi connectivity index (χ4v) is 5.20. The zero-order chi connectivity index (χ0) is 22.7. The first kappa shape index (κ1) is 22.8. The molecule has 1 aliphatic rings. The van der Waals surface area contributed by atoms with Gasteiger partial charge < -0.3 is 19.2 Å². The van der Waals surface area contributed by atoms with Gasteiger partial charge in [0.15, 0.2) is 5.76 Å². The molecular weight excluding hydrogens is 541 g/mol. The number of hydrogen-bond donors (Lipinski definition) is 1. The van der Waals surface area contributed by atoms with Gasteiger partial charge >= 0.3 is 5.97 Å². The second kappa shape index (κ2) is 10.1. The van der Waals surface area contributed by atoms with E-state index in [-0.39, 0.29) is 24.4 Å². The number of thiophene rings is 1. The molecule has 0 unspecified atom stereocenters. The number of ether oxygens (including phenoxy) is 2. The third kappa shape index (κ3) is 5.35. The average molecular weight is 565 g/mol. The van der Waals surface area contributed by atoms with Crippen LogP contribution in [0.2, 0.25) is 0 Å². The van der Waals surface area contributed by atoms with E-state index in [1.54, 1.807) is 12.1 Å². The maximum Gasteiger partial charge on any atom is 0.341 e. The highest BCUT2D eigenvalue weighted by atomic mass is 127. The van der Waals surface area contributed by atoms with E-state index in [1.807, 2.05) is 38.1 Å². The molecule has 1 aromatic carbocycles. The lowest BCUT2D eigenvalue weighted by molar-refractivity contribution is 0.0378. The molecule has 3 aromatic rings. The molecule has 0 saturated carbocycles. The van der Waals surface area contributed by atoms with Crippen LogP contribution >= 0.6 is 33.9 Å². The van der Waals surface area contributed by atoms with Gasteiger partial charge in [-0.15, -0.1) is 11.3 Å². The second-order valence-corrected chi connectivity index (χ2v) is 10.2. The molecule has 8 heteroatoms. The summed E-state index contributed by atoms with van der Waals surface area (Å²) in [5.74, 6) is 0.646. The van der Waals surface area contributed by atoms with E-state index < -0.39 is 5.91 Å². The standard InChI is InChI=1S/C24H24INO5S/c1-14(2)30-24(28)21-18-5-3-4-6-20(18)32-23(21)26-22(27)19-12-11-17(31-19)13-29-16-9-7-15(25)8-10-16/h7-12,14H,3-6,13H2,1-2H3,(H,26,27). The van der Waals surface area contributed by atoms with E-state index in [1.165, 1.54) is 11.3 Å². The number of amides is 1. The molecule has 0 radical (unpaired) electrons. The molecule has 1 amide bonds. The Kier molecular flexibility index (Phi) is 7.20. The maximum atomic E-state index is 12.9. The summed E-state index contributed by atoms with van der Waals surface area (Å²) in [5, 5.41) is 3.40. The molecule has 1 aliphatic carbocycles. The van der Waals surface area contributed by atoms with Gasteiger partial charge in [0.2, 0.25) is 0 Å². The monoisotopic (exact) mass is 565 g/mol. The molecule has 0 bridgehead atoms. The number of halogens is 1. The third-order valence-electron chi connectivity index (χ3n) is 5.03. The van der Waals surface area contributed by atoms with E-state index >= 15 is 0 Å². The number of rotatable bonds is 7. The minimum absolute atomic E-state index is 0.167. The van der Waals surface area contributed by atoms with Crippen molar-refractivity contribution in [2.45, 2.75) is 52.2 Å². The number of fused-ring (bicyclic) bond motifs is 1. The highest BCUT2D eigenvalue weighted by Gasteiger charge is 2.28. The van der Waals surface area contributed by atoms with Gasteiger partial charge in [0.05, 0.1) is 11.7 Å². The molecule has 0 fully saturated rings. The lowest BCUT2D eigenvalue weighted by Gasteiger charge is -2.14. The van der Waals surface area contributed by atoms with Crippen molar-refractivity contribution in [3.05, 3.63) is 67.5 Å². The maximum absolute atomic E-state index is 12.9. The molecule has 168 valence electrons. The molecule has 6 nitrogen and oxygen atoms in total. The summed E-state index contributed by atoms with van der Waals surface area (Å²) < 4.78 is 18.0. The van der Waals surface area contributed by atoms with E-state index in [0.29, 0.717) is 16.3 Å². The number of nitrogens with one attached hydrogen (secondary N) is 1. The molecular formula is C24H24INO5S. The van der Waals surface area contributed by atoms with Crippen LogP contribution in [0.25, 0.3) is 0 Å². The van der Waals surface area contributed by atoms with Crippen molar-refractivity contribution >= 4 is 50.8 Å². The fourth-order valence-electron chi connectivity index (χ4n) is 3.57. The number of furan rings is 1. The van der Waals surface area contributed by atoms with Crippen LogP contribution in [0.1, 0.15) is 63.8 Å². The summed E-state index contributed by atoms with van der Waals surface area (Å²) in [4.78, 5) is 26.8. The first-order valence-electron chi connectivity index (χ1n) is 10.5. The number of anilines is 1. The van der Waals surface area contributed by atoms with Crippen LogP contribution in [-0.2, 0) is 24.2 Å². The topological polar surface area (TPSA) is 77.8 Å². The highest BCUT2D eigenvalue weighted by molar-refractivity contribution is 14.1. The minimum Gasteiger partial charge on any atom is -0.486 e. The van der Waals surface area contributed by atoms with Gasteiger partial charge in [-0.05, 0) is 104 Å². The Morgan fingerprint density at radius 2 is 1.88 bits per heavy atom. The molecule has 2 aromatic heterocycles. The predicted octanol–water partition coefficient (Wildman–Crippen LogP) is 6.22. The molecule has 0 spiro atoms. The number of aryl methyl sites for hydroxylation is 1. The predicted molar refractivity (Wildman–Crippen MR) is 132 cm³/mol. The van der Waals surface area contributed by atoms with Crippen molar-refractivity contribution < 1.29 is 23.5 Å². The molecule has 4 rings (SSSR count). The van der Waals surface area contributed by atoms with Crippen LogP contribution in [0.4, 0.5) is 5.00 Å². The zero-order valence-corrected chi connectivity index (χ0v) is 20.9. The van der Waals surface area contributed by atoms with Crippen molar-refractivity contribution in [3.63, 3.8) is 0 Å². The number of carbonyl (C=O) groups is 2. The SMILES string of the molecule is CC(C)OC(=O)c1c(NC(=O)c2ccc(COc3ccc(I)cc3)o2)sc2c1CCCC2. The van der Waals surface area contributed by atoms with E-state index in [2.05, 4.69) is 27.9 Å². The zero-order valence-electron chi connectivity index (χ0n) is 17.9. The summed E-state index contributed by atoms with van der Waals surface area (Å²) in [6.45, 7) is 3.85. The van der Waals surface area contributed by atoms with Gasteiger partial charge in [-0.25, -0.2) is 4.79 Å². The third-order valence-corrected chi connectivity index (χ3v) is 6.95. The van der Waals surface area contributed by atoms with Crippen LogP contribution in [-0.4, -0.2) is 18.0 Å². The Morgan fingerprint density at radius 3 is 2.62 bits per heavy atom. The van der Waals surface area contributed by atoms with Crippen molar-refractivity contribution in [2.75, 3.05) is 5.32 Å². The molecule has 2 heterocycles. The van der Waals surface area contributed by atoms with Crippen LogP contribution in [0.5, 0.6) is 5.75 Å². The molecule has 32 heavy (non-hydrogen) atoms. The summed E-state index contributed by atoms with van der Waals surface area (Å²) in [6.07, 6.45) is 3.62. The second-order valence-electron chi connectivity index (χ2n) is 7.83. The Labute approximate surface area is 204 Å². The Hall–Kier alpha value is -2.33. The van der Waals surface area contributed by atoms with Crippen molar-refractivity contribution in [1.29, 1.82) is 0 Å². The summed E-state index contributed by atoms with van der Waals surface area (Å²) in [7, 11) is 0.